The lowest BCUT2D eigenvalue weighted by atomic mass is 10.1. The van der Waals surface area contributed by atoms with Crippen LogP contribution in [0, 0.1) is 10.1 Å². The van der Waals surface area contributed by atoms with Crippen molar-refractivity contribution in [1.82, 2.24) is 5.32 Å². The Hall–Kier alpha value is -3.69. The number of nitro benzene ring substituents is 1. The summed E-state index contributed by atoms with van der Waals surface area (Å²) in [6, 6.07) is 17.1. The van der Waals surface area contributed by atoms with Crippen molar-refractivity contribution in [3.05, 3.63) is 103 Å². The zero-order valence-electron chi connectivity index (χ0n) is 17.2. The number of ether oxygens (including phenoxy) is 1. The third-order valence-corrected chi connectivity index (χ3v) is 5.45. The minimum absolute atomic E-state index is 0.143. The third-order valence-electron chi connectivity index (χ3n) is 4.43. The van der Waals surface area contributed by atoms with Gasteiger partial charge in [0, 0.05) is 16.6 Å². The number of methoxy groups -OCH3 is 1. The highest BCUT2D eigenvalue weighted by Crippen LogP contribution is 2.24. The van der Waals surface area contributed by atoms with Crippen LogP contribution in [0.15, 0.2) is 76.9 Å². The number of carbonyl (C=O) groups excluding carboxylic acids is 2. The van der Waals surface area contributed by atoms with Crippen LogP contribution >= 0.6 is 27.5 Å². The van der Waals surface area contributed by atoms with Crippen molar-refractivity contribution >= 4 is 56.8 Å². The molecule has 3 aromatic carbocycles. The Morgan fingerprint density at radius 2 is 1.85 bits per heavy atom. The van der Waals surface area contributed by atoms with Crippen molar-refractivity contribution in [3.63, 3.8) is 0 Å². The molecule has 0 aliphatic heterocycles. The number of rotatable bonds is 7. The average Bonchev–Trinajstić information content (AvgIpc) is 2.80. The first-order valence-electron chi connectivity index (χ1n) is 9.45. The first kappa shape index (κ1) is 24.0. The van der Waals surface area contributed by atoms with Gasteiger partial charge in [-0.2, -0.15) is 0 Å². The fourth-order valence-corrected chi connectivity index (χ4v) is 3.41. The molecule has 0 aliphatic carbocycles. The second kappa shape index (κ2) is 10.8. The van der Waals surface area contributed by atoms with E-state index in [2.05, 4.69) is 26.6 Å². The maximum absolute atomic E-state index is 13.0. The summed E-state index contributed by atoms with van der Waals surface area (Å²) in [6.07, 6.45) is 1.34. The van der Waals surface area contributed by atoms with E-state index >= 15 is 0 Å². The van der Waals surface area contributed by atoms with Crippen LogP contribution in [0.25, 0.3) is 6.08 Å². The lowest BCUT2D eigenvalue weighted by molar-refractivity contribution is -0.384. The summed E-state index contributed by atoms with van der Waals surface area (Å²) >= 11 is 9.44. The number of carbonyl (C=O) groups is 2. The van der Waals surface area contributed by atoms with Crippen molar-refractivity contribution in [2.24, 2.45) is 0 Å². The van der Waals surface area contributed by atoms with Crippen LogP contribution in [-0.2, 0) is 4.79 Å². The molecule has 0 heterocycles. The predicted molar refractivity (Wildman–Crippen MR) is 129 cm³/mol. The predicted octanol–water partition coefficient (Wildman–Crippen LogP) is 5.43. The number of para-hydroxylation sites is 1. The quantitative estimate of drug-likeness (QED) is 0.240. The van der Waals surface area contributed by atoms with E-state index < -0.39 is 16.7 Å². The van der Waals surface area contributed by atoms with Gasteiger partial charge in [-0.1, -0.05) is 35.9 Å². The molecule has 2 N–H and O–H groups in total. The Kier molecular flexibility index (Phi) is 7.81. The Morgan fingerprint density at radius 3 is 2.55 bits per heavy atom. The van der Waals surface area contributed by atoms with Crippen LogP contribution in [0.1, 0.15) is 15.9 Å². The molecule has 168 valence electrons. The smallest absolute Gasteiger partial charge is 0.272 e. The topological polar surface area (TPSA) is 111 Å². The van der Waals surface area contributed by atoms with E-state index in [1.807, 2.05) is 0 Å². The molecule has 8 nitrogen and oxygen atoms in total. The second-order valence-electron chi connectivity index (χ2n) is 6.64. The van der Waals surface area contributed by atoms with E-state index in [1.165, 1.54) is 37.5 Å². The number of nitrogens with one attached hydrogen (secondary N) is 2. The molecule has 0 spiro atoms. The van der Waals surface area contributed by atoms with Crippen molar-refractivity contribution < 1.29 is 19.2 Å². The Bertz CT molecular complexity index is 1260. The molecule has 0 saturated heterocycles. The standard InChI is InChI=1S/C23H17BrClN3O5/c1-33-16-9-10-18(24)17(13-16)22(29)27-21(12-14-5-4-6-15(11-14)28(31)32)23(30)26-20-8-3-2-7-19(20)25/h2-13H,1H3,(H,26,30)(H,27,29)/b21-12-. The van der Waals surface area contributed by atoms with Gasteiger partial charge in [0.15, 0.2) is 0 Å². The van der Waals surface area contributed by atoms with Crippen LogP contribution in [0.2, 0.25) is 5.02 Å². The van der Waals surface area contributed by atoms with E-state index in [0.717, 1.165) is 0 Å². The highest BCUT2D eigenvalue weighted by Gasteiger charge is 2.19. The highest BCUT2D eigenvalue weighted by molar-refractivity contribution is 9.10. The second-order valence-corrected chi connectivity index (χ2v) is 7.91. The van der Waals surface area contributed by atoms with Gasteiger partial charge in [0.25, 0.3) is 17.5 Å². The summed E-state index contributed by atoms with van der Waals surface area (Å²) in [5.74, 6) is -0.804. The van der Waals surface area contributed by atoms with E-state index in [4.69, 9.17) is 16.3 Å². The normalized spacial score (nSPS) is 10.9. The van der Waals surface area contributed by atoms with Gasteiger partial charge in [0.2, 0.25) is 0 Å². The maximum Gasteiger partial charge on any atom is 0.272 e. The Morgan fingerprint density at radius 1 is 1.09 bits per heavy atom. The molecule has 0 saturated carbocycles. The van der Waals surface area contributed by atoms with E-state index in [1.54, 1.807) is 42.5 Å². The van der Waals surface area contributed by atoms with Crippen LogP contribution in [0.4, 0.5) is 11.4 Å². The molecule has 0 aromatic heterocycles. The van der Waals surface area contributed by atoms with Crippen LogP contribution in [0.3, 0.4) is 0 Å². The van der Waals surface area contributed by atoms with Crippen molar-refractivity contribution in [3.8, 4) is 5.75 Å². The largest absolute Gasteiger partial charge is 0.497 e. The summed E-state index contributed by atoms with van der Waals surface area (Å²) in [5.41, 5.74) is 0.612. The molecule has 3 aromatic rings. The number of anilines is 1. The summed E-state index contributed by atoms with van der Waals surface area (Å²) in [7, 11) is 1.47. The fraction of sp³-hybridized carbons (Fsp3) is 0.0435. The van der Waals surface area contributed by atoms with Crippen molar-refractivity contribution in [2.75, 3.05) is 12.4 Å². The van der Waals surface area contributed by atoms with Crippen molar-refractivity contribution in [1.29, 1.82) is 0 Å². The van der Waals surface area contributed by atoms with Gasteiger partial charge >= 0.3 is 0 Å². The minimum atomic E-state index is -0.665. The van der Waals surface area contributed by atoms with Crippen molar-refractivity contribution in [2.45, 2.75) is 0 Å². The first-order valence-corrected chi connectivity index (χ1v) is 10.6. The van der Waals surface area contributed by atoms with Gasteiger partial charge in [0.1, 0.15) is 11.4 Å². The zero-order chi connectivity index (χ0) is 24.0. The zero-order valence-corrected chi connectivity index (χ0v) is 19.5. The maximum atomic E-state index is 13.0. The Labute approximate surface area is 202 Å². The number of non-ortho nitro benzene ring substituents is 1. The molecule has 0 atom stereocenters. The number of amides is 2. The van der Waals surface area contributed by atoms with Crippen LogP contribution in [0.5, 0.6) is 5.75 Å². The summed E-state index contributed by atoms with van der Waals surface area (Å²) in [5, 5.41) is 16.6. The third kappa shape index (κ3) is 6.18. The van der Waals surface area contributed by atoms with Gasteiger partial charge in [-0.05, 0) is 57.9 Å². The van der Waals surface area contributed by atoms with Gasteiger partial charge < -0.3 is 15.4 Å². The molecular weight excluding hydrogens is 514 g/mol. The SMILES string of the molecule is COc1ccc(Br)c(C(=O)N/C(=C\c2cccc([N+](=O)[O-])c2)C(=O)Nc2ccccc2Cl)c1. The van der Waals surface area contributed by atoms with Gasteiger partial charge in [-0.25, -0.2) is 0 Å². The molecule has 3 rings (SSSR count). The van der Waals surface area contributed by atoms with Gasteiger partial charge in [0.05, 0.1) is 28.3 Å². The number of hydrogen-bond donors (Lipinski definition) is 2. The molecule has 33 heavy (non-hydrogen) atoms. The number of hydrogen-bond acceptors (Lipinski definition) is 5. The van der Waals surface area contributed by atoms with Crippen LogP contribution in [-0.4, -0.2) is 23.8 Å². The summed E-state index contributed by atoms with van der Waals surface area (Å²) in [4.78, 5) is 36.6. The minimum Gasteiger partial charge on any atom is -0.497 e. The van der Waals surface area contributed by atoms with E-state index in [9.17, 15) is 19.7 Å². The van der Waals surface area contributed by atoms with Gasteiger partial charge in [-0.3, -0.25) is 19.7 Å². The lowest BCUT2D eigenvalue weighted by Gasteiger charge is -2.13. The number of benzene rings is 3. The lowest BCUT2D eigenvalue weighted by Crippen LogP contribution is -2.31. The summed E-state index contributed by atoms with van der Waals surface area (Å²) in [6.45, 7) is 0. The molecular formula is C23H17BrClN3O5. The highest BCUT2D eigenvalue weighted by atomic mass is 79.9. The monoisotopic (exact) mass is 529 g/mol. The van der Waals surface area contributed by atoms with Gasteiger partial charge in [-0.15, -0.1) is 0 Å². The fourth-order valence-electron chi connectivity index (χ4n) is 2.80. The molecule has 0 fully saturated rings. The molecule has 0 aliphatic rings. The molecule has 0 bridgehead atoms. The Balaban J connectivity index is 1.98. The average molecular weight is 531 g/mol. The first-order chi connectivity index (χ1) is 15.8. The van der Waals surface area contributed by atoms with E-state index in [0.29, 0.717) is 26.5 Å². The summed E-state index contributed by atoms with van der Waals surface area (Å²) < 4.78 is 5.65. The molecule has 0 unspecified atom stereocenters. The molecule has 10 heteroatoms. The van der Waals surface area contributed by atoms with E-state index in [-0.39, 0.29) is 16.9 Å². The van der Waals surface area contributed by atoms with Crippen LogP contribution < -0.4 is 15.4 Å². The molecule has 2 amide bonds. The molecule has 0 radical (unpaired) electrons. The number of nitrogens with zero attached hydrogens (tertiary/aromatic N) is 1. The number of nitro groups is 1. The number of halogens is 2.